The normalized spacial score (nSPS) is 12.1. The zero-order valence-electron chi connectivity index (χ0n) is 18.5. The number of hydrogen-bond acceptors (Lipinski definition) is 9. The molecule has 2 rings (SSSR count). The van der Waals surface area contributed by atoms with Crippen LogP contribution in [0.2, 0.25) is 0 Å². The number of hydrogen-bond donors (Lipinski definition) is 3. The Hall–Kier alpha value is -3.69. The minimum atomic E-state index is -0.680. The van der Waals surface area contributed by atoms with Crippen molar-refractivity contribution in [1.29, 1.82) is 0 Å². The molecule has 0 aliphatic rings. The van der Waals surface area contributed by atoms with E-state index >= 15 is 0 Å². The van der Waals surface area contributed by atoms with Crippen molar-refractivity contribution in [2.45, 2.75) is 40.5 Å². The van der Waals surface area contributed by atoms with Crippen LogP contribution in [0.1, 0.15) is 49.3 Å². The van der Waals surface area contributed by atoms with Gasteiger partial charge in [0.05, 0.1) is 11.4 Å². The summed E-state index contributed by atoms with van der Waals surface area (Å²) in [6.45, 7) is 7.14. The van der Waals surface area contributed by atoms with Crippen molar-refractivity contribution in [3.63, 3.8) is 0 Å². The van der Waals surface area contributed by atoms with E-state index in [9.17, 15) is 24.6 Å². The number of carbonyl (C=O) groups excluding carboxylic acids is 1. The van der Waals surface area contributed by atoms with Crippen molar-refractivity contribution in [1.82, 2.24) is 5.32 Å². The second-order valence-electron chi connectivity index (χ2n) is 7.20. The van der Waals surface area contributed by atoms with E-state index in [0.717, 1.165) is 0 Å². The highest BCUT2D eigenvalue weighted by Crippen LogP contribution is 2.16. The Labute approximate surface area is 184 Å². The SMILES string of the molecule is CC(=NCCCNC(=O)CCN=C(C)c1c(O)cc(C)oc1=O)c1c(O)cc(C)oc1=O. The van der Waals surface area contributed by atoms with Gasteiger partial charge in [0, 0.05) is 38.2 Å². The Morgan fingerprint density at radius 2 is 1.38 bits per heavy atom. The van der Waals surface area contributed by atoms with E-state index in [1.165, 1.54) is 12.1 Å². The third-order valence-electron chi connectivity index (χ3n) is 4.53. The minimum absolute atomic E-state index is 0.0158. The van der Waals surface area contributed by atoms with Crippen molar-refractivity contribution in [3.05, 3.63) is 55.6 Å². The molecule has 0 aromatic carbocycles. The third-order valence-corrected chi connectivity index (χ3v) is 4.53. The minimum Gasteiger partial charge on any atom is -0.507 e. The van der Waals surface area contributed by atoms with E-state index in [4.69, 9.17) is 8.83 Å². The lowest BCUT2D eigenvalue weighted by molar-refractivity contribution is -0.120. The summed E-state index contributed by atoms with van der Waals surface area (Å²) in [6.07, 6.45) is 0.636. The predicted molar refractivity (Wildman–Crippen MR) is 119 cm³/mol. The zero-order chi connectivity index (χ0) is 23.8. The van der Waals surface area contributed by atoms with Crippen LogP contribution in [0.4, 0.5) is 0 Å². The van der Waals surface area contributed by atoms with E-state index < -0.39 is 11.3 Å². The van der Waals surface area contributed by atoms with Gasteiger partial charge in [0.1, 0.15) is 34.1 Å². The van der Waals surface area contributed by atoms with Gasteiger partial charge in [-0.05, 0) is 34.1 Å². The molecule has 2 heterocycles. The molecule has 172 valence electrons. The molecule has 0 atom stereocenters. The molecule has 0 aliphatic carbocycles. The number of nitrogens with zero attached hydrogens (tertiary/aromatic N) is 2. The molecule has 0 spiro atoms. The molecule has 10 nitrogen and oxygen atoms in total. The summed E-state index contributed by atoms with van der Waals surface area (Å²) < 4.78 is 9.92. The van der Waals surface area contributed by atoms with Gasteiger partial charge in [-0.25, -0.2) is 9.59 Å². The van der Waals surface area contributed by atoms with Crippen LogP contribution in [0, 0.1) is 13.8 Å². The van der Waals surface area contributed by atoms with Gasteiger partial charge in [-0.3, -0.25) is 14.8 Å². The summed E-state index contributed by atoms with van der Waals surface area (Å²) in [7, 11) is 0. The Kier molecular flexibility index (Phi) is 8.51. The van der Waals surface area contributed by atoms with Crippen LogP contribution in [0.5, 0.6) is 11.5 Å². The van der Waals surface area contributed by atoms with Gasteiger partial charge in [0.25, 0.3) is 0 Å². The van der Waals surface area contributed by atoms with E-state index in [1.807, 2.05) is 0 Å². The van der Waals surface area contributed by atoms with E-state index in [2.05, 4.69) is 15.3 Å². The Bertz CT molecular complexity index is 1160. The number of amides is 1. The molecule has 1 amide bonds. The van der Waals surface area contributed by atoms with Crippen LogP contribution >= 0.6 is 0 Å². The van der Waals surface area contributed by atoms with Crippen molar-refractivity contribution in [2.24, 2.45) is 9.98 Å². The highest BCUT2D eigenvalue weighted by molar-refractivity contribution is 6.01. The molecule has 0 fully saturated rings. The lowest BCUT2D eigenvalue weighted by Crippen LogP contribution is -2.25. The first kappa shape index (κ1) is 24.6. The van der Waals surface area contributed by atoms with Crippen molar-refractivity contribution < 1.29 is 23.8 Å². The maximum atomic E-state index is 11.9. The topological polar surface area (TPSA) is 155 Å². The second-order valence-corrected chi connectivity index (χ2v) is 7.20. The lowest BCUT2D eigenvalue weighted by Gasteiger charge is -2.06. The molecule has 0 radical (unpaired) electrons. The molecule has 10 heteroatoms. The van der Waals surface area contributed by atoms with Crippen LogP contribution in [0.3, 0.4) is 0 Å². The third kappa shape index (κ3) is 6.66. The van der Waals surface area contributed by atoms with Crippen LogP contribution in [-0.4, -0.2) is 47.2 Å². The van der Waals surface area contributed by atoms with Gasteiger partial charge in [-0.1, -0.05) is 0 Å². The smallest absolute Gasteiger partial charge is 0.348 e. The van der Waals surface area contributed by atoms with Gasteiger partial charge in [-0.15, -0.1) is 0 Å². The maximum absolute atomic E-state index is 11.9. The molecule has 0 bridgehead atoms. The fourth-order valence-corrected chi connectivity index (χ4v) is 2.98. The predicted octanol–water partition coefficient (Wildman–Crippen LogP) is 1.84. The molecule has 0 unspecified atom stereocenters. The molecular formula is C22H27N3O7. The Morgan fingerprint density at radius 1 is 0.906 bits per heavy atom. The average Bonchev–Trinajstić information content (AvgIpc) is 2.66. The number of carbonyl (C=O) groups is 1. The molecule has 32 heavy (non-hydrogen) atoms. The first-order chi connectivity index (χ1) is 15.1. The summed E-state index contributed by atoms with van der Waals surface area (Å²) in [5, 5.41) is 22.5. The summed E-state index contributed by atoms with van der Waals surface area (Å²) in [5.74, 6) is -0.00957. The standard InChI is InChI=1S/C22H27N3O7/c1-12-10-16(26)19(21(29)31-12)14(3)23-7-5-8-25-18(28)6-9-24-15(4)20-17(27)11-13(2)32-22(20)30/h10-11,26-27H,5-9H2,1-4H3,(H,25,28). The Balaban J connectivity index is 1.79. The van der Waals surface area contributed by atoms with Crippen molar-refractivity contribution in [3.8, 4) is 11.5 Å². The van der Waals surface area contributed by atoms with Crippen LogP contribution in [-0.2, 0) is 4.79 Å². The van der Waals surface area contributed by atoms with Crippen LogP contribution < -0.4 is 16.6 Å². The number of nitrogens with one attached hydrogen (secondary N) is 1. The first-order valence-corrected chi connectivity index (χ1v) is 10.1. The molecule has 2 aromatic rings. The fourth-order valence-electron chi connectivity index (χ4n) is 2.98. The summed E-state index contributed by atoms with van der Waals surface area (Å²) in [4.78, 5) is 44.1. The molecule has 3 N–H and O–H groups in total. The fraction of sp³-hybridized carbons (Fsp3) is 0.409. The van der Waals surface area contributed by atoms with Gasteiger partial charge in [0.15, 0.2) is 0 Å². The highest BCUT2D eigenvalue weighted by atomic mass is 16.4. The number of aryl methyl sites for hydroxylation is 2. The van der Waals surface area contributed by atoms with Crippen LogP contribution in [0.25, 0.3) is 0 Å². The van der Waals surface area contributed by atoms with E-state index in [-0.39, 0.29) is 47.2 Å². The lowest BCUT2D eigenvalue weighted by atomic mass is 10.1. The summed E-state index contributed by atoms with van der Waals surface area (Å²) >= 11 is 0. The summed E-state index contributed by atoms with van der Waals surface area (Å²) in [5.41, 5.74) is -0.668. The maximum Gasteiger partial charge on any atom is 0.348 e. The van der Waals surface area contributed by atoms with E-state index in [1.54, 1.807) is 27.7 Å². The van der Waals surface area contributed by atoms with Crippen LogP contribution in [0.15, 0.2) is 40.5 Å². The number of aromatic hydroxyl groups is 2. The molecule has 0 saturated heterocycles. The van der Waals surface area contributed by atoms with E-state index in [0.29, 0.717) is 36.7 Å². The first-order valence-electron chi connectivity index (χ1n) is 10.1. The molecule has 0 aliphatic heterocycles. The van der Waals surface area contributed by atoms with Crippen molar-refractivity contribution >= 4 is 17.3 Å². The number of rotatable bonds is 9. The second kappa shape index (κ2) is 11.1. The number of aliphatic imine (C=N–C) groups is 2. The molecule has 0 saturated carbocycles. The monoisotopic (exact) mass is 445 g/mol. The largest absolute Gasteiger partial charge is 0.507 e. The Morgan fingerprint density at radius 3 is 1.84 bits per heavy atom. The van der Waals surface area contributed by atoms with Crippen molar-refractivity contribution in [2.75, 3.05) is 19.6 Å². The van der Waals surface area contributed by atoms with Gasteiger partial charge >= 0.3 is 11.3 Å². The van der Waals surface area contributed by atoms with Gasteiger partial charge in [0.2, 0.25) is 5.91 Å². The quantitative estimate of drug-likeness (QED) is 0.393. The van der Waals surface area contributed by atoms with Gasteiger partial charge in [-0.2, -0.15) is 0 Å². The molecular weight excluding hydrogens is 418 g/mol. The van der Waals surface area contributed by atoms with Gasteiger partial charge < -0.3 is 24.4 Å². The summed E-state index contributed by atoms with van der Waals surface area (Å²) in [6, 6.07) is 2.69. The average molecular weight is 445 g/mol. The molecule has 2 aromatic heterocycles. The zero-order valence-corrected chi connectivity index (χ0v) is 18.5. The highest BCUT2D eigenvalue weighted by Gasteiger charge is 2.13.